The van der Waals surface area contributed by atoms with Gasteiger partial charge in [-0.15, -0.1) is 11.3 Å². The van der Waals surface area contributed by atoms with E-state index in [1.807, 2.05) is 11.3 Å². The number of hydrogen-bond donors (Lipinski definition) is 1. The molecule has 102 valence electrons. The molecule has 0 aliphatic rings. The molecule has 0 amide bonds. The summed E-state index contributed by atoms with van der Waals surface area (Å²) in [5.74, 6) is 0. The highest BCUT2D eigenvalue weighted by Crippen LogP contribution is 2.30. The van der Waals surface area contributed by atoms with E-state index in [9.17, 15) is 0 Å². The average Bonchev–Trinajstić information content (AvgIpc) is 2.76. The van der Waals surface area contributed by atoms with Crippen LogP contribution in [0.15, 0.2) is 30.3 Å². The van der Waals surface area contributed by atoms with Crippen molar-refractivity contribution in [2.24, 2.45) is 0 Å². The molecule has 1 N–H and O–H groups in total. The Balaban J connectivity index is 2.04. The van der Waals surface area contributed by atoms with Crippen molar-refractivity contribution in [2.45, 2.75) is 46.6 Å². The van der Waals surface area contributed by atoms with E-state index >= 15 is 0 Å². The molecule has 0 fully saturated rings. The molecule has 0 aliphatic heterocycles. The quantitative estimate of drug-likeness (QED) is 0.802. The van der Waals surface area contributed by atoms with E-state index in [-0.39, 0.29) is 5.41 Å². The molecule has 0 radical (unpaired) electrons. The highest BCUT2D eigenvalue weighted by molar-refractivity contribution is 7.12. The van der Waals surface area contributed by atoms with Gasteiger partial charge in [0, 0.05) is 22.0 Å². The Morgan fingerprint density at radius 1 is 1.05 bits per heavy atom. The third-order valence-electron chi connectivity index (χ3n) is 3.24. The number of anilines is 1. The zero-order chi connectivity index (χ0) is 14.0. The number of nitrogens with one attached hydrogen (secondary N) is 1. The molecule has 19 heavy (non-hydrogen) atoms. The molecule has 0 unspecified atom stereocenters. The van der Waals surface area contributed by atoms with Crippen LogP contribution in [0, 0.1) is 13.8 Å². The van der Waals surface area contributed by atoms with Crippen LogP contribution in [0.5, 0.6) is 0 Å². The van der Waals surface area contributed by atoms with E-state index in [0.29, 0.717) is 0 Å². The maximum absolute atomic E-state index is 3.53. The van der Waals surface area contributed by atoms with Gasteiger partial charge in [0.05, 0.1) is 0 Å². The summed E-state index contributed by atoms with van der Waals surface area (Å²) in [7, 11) is 0. The minimum Gasteiger partial charge on any atom is -0.380 e. The molecule has 1 aromatic heterocycles. The zero-order valence-electron chi connectivity index (χ0n) is 12.5. The number of benzene rings is 1. The van der Waals surface area contributed by atoms with Gasteiger partial charge < -0.3 is 5.32 Å². The molecule has 0 bridgehead atoms. The van der Waals surface area contributed by atoms with Crippen molar-refractivity contribution < 1.29 is 0 Å². The largest absolute Gasteiger partial charge is 0.380 e. The van der Waals surface area contributed by atoms with Gasteiger partial charge in [-0.3, -0.25) is 0 Å². The predicted molar refractivity (Wildman–Crippen MR) is 86.3 cm³/mol. The Morgan fingerprint density at radius 3 is 2.37 bits per heavy atom. The molecule has 2 aromatic rings. The van der Waals surface area contributed by atoms with E-state index in [1.165, 1.54) is 26.6 Å². The first kappa shape index (κ1) is 14.1. The van der Waals surface area contributed by atoms with E-state index in [0.717, 1.165) is 6.54 Å². The fourth-order valence-corrected chi connectivity index (χ4v) is 3.08. The minimum atomic E-state index is 0.253. The standard InChI is InChI=1S/C17H23NS/c1-12-6-8-15(13(2)10-12)18-11-14-7-9-16(19-14)17(3,4)5/h6-10,18H,11H2,1-5H3. The van der Waals surface area contributed by atoms with E-state index in [2.05, 4.69) is 70.3 Å². The molecule has 1 heterocycles. The Labute approximate surface area is 120 Å². The lowest BCUT2D eigenvalue weighted by atomic mass is 9.95. The van der Waals surface area contributed by atoms with Crippen LogP contribution in [-0.2, 0) is 12.0 Å². The Bertz CT molecular complexity index is 561. The van der Waals surface area contributed by atoms with Crippen LogP contribution in [0.25, 0.3) is 0 Å². The summed E-state index contributed by atoms with van der Waals surface area (Å²) >= 11 is 1.91. The van der Waals surface area contributed by atoms with Crippen LogP contribution in [0.2, 0.25) is 0 Å². The summed E-state index contributed by atoms with van der Waals surface area (Å²) in [5, 5.41) is 3.53. The molecule has 1 nitrogen and oxygen atoms in total. The second-order valence-electron chi connectivity index (χ2n) is 6.19. The lowest BCUT2D eigenvalue weighted by Gasteiger charge is -2.15. The minimum absolute atomic E-state index is 0.253. The number of rotatable bonds is 3. The van der Waals surface area contributed by atoms with Crippen molar-refractivity contribution in [1.29, 1.82) is 0 Å². The highest BCUT2D eigenvalue weighted by atomic mass is 32.1. The van der Waals surface area contributed by atoms with Gasteiger partial charge in [0.1, 0.15) is 0 Å². The third kappa shape index (κ3) is 3.60. The first-order chi connectivity index (χ1) is 8.86. The summed E-state index contributed by atoms with van der Waals surface area (Å²) in [6.45, 7) is 12.0. The van der Waals surface area contributed by atoms with Gasteiger partial charge in [0.15, 0.2) is 0 Å². The van der Waals surface area contributed by atoms with Gasteiger partial charge in [-0.25, -0.2) is 0 Å². The molecular weight excluding hydrogens is 250 g/mol. The summed E-state index contributed by atoms with van der Waals surface area (Å²) < 4.78 is 0. The smallest absolute Gasteiger partial charge is 0.0494 e. The monoisotopic (exact) mass is 273 g/mol. The maximum Gasteiger partial charge on any atom is 0.0494 e. The third-order valence-corrected chi connectivity index (χ3v) is 4.75. The lowest BCUT2D eigenvalue weighted by molar-refractivity contribution is 0.604. The normalized spacial score (nSPS) is 11.6. The molecule has 0 saturated heterocycles. The SMILES string of the molecule is Cc1ccc(NCc2ccc(C(C)(C)C)s2)c(C)c1. The first-order valence-corrected chi connectivity index (χ1v) is 7.58. The fourth-order valence-electron chi connectivity index (χ4n) is 2.07. The molecule has 0 saturated carbocycles. The number of hydrogen-bond acceptors (Lipinski definition) is 2. The van der Waals surface area contributed by atoms with Crippen LogP contribution < -0.4 is 5.32 Å². The average molecular weight is 273 g/mol. The molecule has 0 aliphatic carbocycles. The van der Waals surface area contributed by atoms with Gasteiger partial charge in [0.25, 0.3) is 0 Å². The summed E-state index contributed by atoms with van der Waals surface area (Å²) in [5.41, 5.74) is 4.11. The van der Waals surface area contributed by atoms with Crippen molar-refractivity contribution in [3.05, 3.63) is 51.2 Å². The van der Waals surface area contributed by atoms with Crippen molar-refractivity contribution in [3.8, 4) is 0 Å². The fraction of sp³-hybridized carbons (Fsp3) is 0.412. The Morgan fingerprint density at radius 2 is 1.79 bits per heavy atom. The topological polar surface area (TPSA) is 12.0 Å². The molecule has 2 heteroatoms. The summed E-state index contributed by atoms with van der Waals surface area (Å²) in [6, 6.07) is 11.0. The van der Waals surface area contributed by atoms with Crippen LogP contribution in [0.3, 0.4) is 0 Å². The highest BCUT2D eigenvalue weighted by Gasteiger charge is 2.15. The molecule has 1 aromatic carbocycles. The molecular formula is C17H23NS. The second kappa shape index (κ2) is 5.38. The summed E-state index contributed by atoms with van der Waals surface area (Å²) in [4.78, 5) is 2.84. The van der Waals surface area contributed by atoms with Gasteiger partial charge in [-0.1, -0.05) is 38.5 Å². The van der Waals surface area contributed by atoms with E-state index in [4.69, 9.17) is 0 Å². The van der Waals surface area contributed by atoms with Crippen LogP contribution >= 0.6 is 11.3 Å². The van der Waals surface area contributed by atoms with Crippen LogP contribution in [0.4, 0.5) is 5.69 Å². The van der Waals surface area contributed by atoms with Crippen molar-refractivity contribution in [1.82, 2.24) is 0 Å². The lowest BCUT2D eigenvalue weighted by Crippen LogP contribution is -2.07. The first-order valence-electron chi connectivity index (χ1n) is 6.76. The Hall–Kier alpha value is -1.28. The van der Waals surface area contributed by atoms with Gasteiger partial charge in [-0.05, 0) is 43.0 Å². The van der Waals surface area contributed by atoms with Crippen molar-refractivity contribution in [2.75, 3.05) is 5.32 Å². The predicted octanol–water partition coefficient (Wildman–Crippen LogP) is 5.27. The second-order valence-corrected chi connectivity index (χ2v) is 7.36. The van der Waals surface area contributed by atoms with Gasteiger partial charge >= 0.3 is 0 Å². The maximum atomic E-state index is 3.53. The molecule has 0 spiro atoms. The van der Waals surface area contributed by atoms with E-state index < -0.39 is 0 Å². The van der Waals surface area contributed by atoms with Crippen molar-refractivity contribution >= 4 is 17.0 Å². The zero-order valence-corrected chi connectivity index (χ0v) is 13.3. The van der Waals surface area contributed by atoms with Crippen LogP contribution in [0.1, 0.15) is 41.7 Å². The molecule has 0 atom stereocenters. The van der Waals surface area contributed by atoms with Crippen molar-refractivity contribution in [3.63, 3.8) is 0 Å². The van der Waals surface area contributed by atoms with Crippen LogP contribution in [-0.4, -0.2) is 0 Å². The van der Waals surface area contributed by atoms with E-state index in [1.54, 1.807) is 0 Å². The Kier molecular flexibility index (Phi) is 4.00. The number of thiophene rings is 1. The van der Waals surface area contributed by atoms with Gasteiger partial charge in [-0.2, -0.15) is 0 Å². The van der Waals surface area contributed by atoms with Gasteiger partial charge in [0.2, 0.25) is 0 Å². The number of aryl methyl sites for hydroxylation is 2. The molecule has 2 rings (SSSR count). The summed E-state index contributed by atoms with van der Waals surface area (Å²) in [6.07, 6.45) is 0.